The van der Waals surface area contributed by atoms with Crippen molar-refractivity contribution in [1.82, 2.24) is 4.31 Å². The average molecular weight is 484 g/mol. The molecular weight excluding hydrogens is 463 g/mol. The van der Waals surface area contributed by atoms with Gasteiger partial charge in [-0.2, -0.15) is 4.31 Å². The summed E-state index contributed by atoms with van der Waals surface area (Å²) in [7, 11) is -3.49. The van der Waals surface area contributed by atoms with Gasteiger partial charge in [0.1, 0.15) is 0 Å². The largest absolute Gasteiger partial charge is 0.321 e. The highest BCUT2D eigenvalue weighted by Crippen LogP contribution is 2.22. The molecule has 2 aromatic carbocycles. The molecule has 0 spiro atoms. The van der Waals surface area contributed by atoms with Gasteiger partial charge in [0.25, 0.3) is 5.91 Å². The van der Waals surface area contributed by atoms with Gasteiger partial charge >= 0.3 is 0 Å². The zero-order chi connectivity index (χ0) is 18.6. The number of benzene rings is 2. The summed E-state index contributed by atoms with van der Waals surface area (Å²) >= 11 is 2.16. The van der Waals surface area contributed by atoms with Gasteiger partial charge in [-0.05, 0) is 71.8 Å². The third-order valence-electron chi connectivity index (χ3n) is 4.44. The molecule has 7 heteroatoms. The van der Waals surface area contributed by atoms with Crippen LogP contribution in [-0.4, -0.2) is 31.7 Å². The SMILES string of the molecule is O=C(Nc1ccccc1I)c1ccc(S(=O)(=O)N2CCCCCC2)cc1. The van der Waals surface area contributed by atoms with Crippen LogP contribution >= 0.6 is 22.6 Å². The third kappa shape index (κ3) is 4.44. The summed E-state index contributed by atoms with van der Waals surface area (Å²) in [5.41, 5.74) is 1.17. The molecule has 1 aliphatic heterocycles. The lowest BCUT2D eigenvalue weighted by atomic mass is 10.2. The molecule has 1 fully saturated rings. The van der Waals surface area contributed by atoms with Crippen LogP contribution in [0.4, 0.5) is 5.69 Å². The van der Waals surface area contributed by atoms with Gasteiger partial charge in [0, 0.05) is 22.2 Å². The summed E-state index contributed by atoms with van der Waals surface area (Å²) < 4.78 is 28.1. The van der Waals surface area contributed by atoms with Crippen molar-refractivity contribution in [1.29, 1.82) is 0 Å². The number of nitrogens with zero attached hydrogens (tertiary/aromatic N) is 1. The minimum atomic E-state index is -3.49. The average Bonchev–Trinajstić information content (AvgIpc) is 2.94. The molecule has 0 atom stereocenters. The van der Waals surface area contributed by atoms with E-state index in [9.17, 15) is 13.2 Å². The molecule has 1 N–H and O–H groups in total. The van der Waals surface area contributed by atoms with E-state index in [4.69, 9.17) is 0 Å². The van der Waals surface area contributed by atoms with Gasteiger partial charge in [-0.15, -0.1) is 0 Å². The van der Waals surface area contributed by atoms with Crippen LogP contribution in [0.1, 0.15) is 36.0 Å². The highest BCUT2D eigenvalue weighted by atomic mass is 127. The van der Waals surface area contributed by atoms with Crippen molar-refractivity contribution in [2.75, 3.05) is 18.4 Å². The minimum Gasteiger partial charge on any atom is -0.321 e. The molecule has 1 aliphatic rings. The van der Waals surface area contributed by atoms with Gasteiger partial charge in [0.05, 0.1) is 10.6 Å². The van der Waals surface area contributed by atoms with Crippen LogP contribution in [0.2, 0.25) is 0 Å². The zero-order valence-corrected chi connectivity index (χ0v) is 17.3. The van der Waals surface area contributed by atoms with Gasteiger partial charge in [-0.1, -0.05) is 25.0 Å². The van der Waals surface area contributed by atoms with Crippen molar-refractivity contribution >= 4 is 44.2 Å². The molecule has 5 nitrogen and oxygen atoms in total. The number of rotatable bonds is 4. The van der Waals surface area contributed by atoms with Crippen LogP contribution in [0, 0.1) is 3.57 Å². The number of hydrogen-bond donors (Lipinski definition) is 1. The first-order valence-corrected chi connectivity index (χ1v) is 11.2. The van der Waals surface area contributed by atoms with Crippen molar-refractivity contribution in [3.63, 3.8) is 0 Å². The van der Waals surface area contributed by atoms with E-state index in [0.29, 0.717) is 18.7 Å². The Morgan fingerprint density at radius 3 is 2.15 bits per heavy atom. The molecule has 0 aromatic heterocycles. The molecule has 3 rings (SSSR count). The van der Waals surface area contributed by atoms with Gasteiger partial charge < -0.3 is 5.32 Å². The van der Waals surface area contributed by atoms with E-state index >= 15 is 0 Å². The third-order valence-corrected chi connectivity index (χ3v) is 7.29. The zero-order valence-electron chi connectivity index (χ0n) is 14.3. The molecule has 0 aliphatic carbocycles. The van der Waals surface area contributed by atoms with Crippen LogP contribution in [0.15, 0.2) is 53.4 Å². The molecule has 0 saturated carbocycles. The molecular formula is C19H21IN2O3S. The van der Waals surface area contributed by atoms with Crippen molar-refractivity contribution < 1.29 is 13.2 Å². The molecule has 1 amide bonds. The van der Waals surface area contributed by atoms with Crippen molar-refractivity contribution in [3.8, 4) is 0 Å². The summed E-state index contributed by atoms with van der Waals surface area (Å²) in [6.07, 6.45) is 3.94. The number of hydrogen-bond acceptors (Lipinski definition) is 3. The molecule has 26 heavy (non-hydrogen) atoms. The smallest absolute Gasteiger partial charge is 0.255 e. The maximum atomic E-state index is 12.8. The monoisotopic (exact) mass is 484 g/mol. The Morgan fingerprint density at radius 1 is 0.923 bits per heavy atom. The second-order valence-electron chi connectivity index (χ2n) is 6.28. The number of carbonyl (C=O) groups excluding carboxylic acids is 1. The molecule has 0 bridgehead atoms. The lowest BCUT2D eigenvalue weighted by Crippen LogP contribution is -2.31. The predicted octanol–water partition coefficient (Wildman–Crippen LogP) is 4.11. The summed E-state index contributed by atoms with van der Waals surface area (Å²) in [6, 6.07) is 13.7. The topological polar surface area (TPSA) is 66.5 Å². The van der Waals surface area contributed by atoms with Crippen molar-refractivity contribution in [3.05, 3.63) is 57.7 Å². The minimum absolute atomic E-state index is 0.241. The van der Waals surface area contributed by atoms with Gasteiger partial charge in [-0.3, -0.25) is 4.79 Å². The number of halogens is 1. The Morgan fingerprint density at radius 2 is 1.54 bits per heavy atom. The fourth-order valence-corrected chi connectivity index (χ4v) is 5.01. The molecule has 138 valence electrons. The maximum Gasteiger partial charge on any atom is 0.255 e. The van der Waals surface area contributed by atoms with Crippen LogP contribution in [0.5, 0.6) is 0 Å². The predicted molar refractivity (Wildman–Crippen MR) is 111 cm³/mol. The first kappa shape index (κ1) is 19.3. The summed E-state index contributed by atoms with van der Waals surface area (Å²) in [6.45, 7) is 1.13. The number of anilines is 1. The van der Waals surface area contributed by atoms with Crippen LogP contribution in [0.3, 0.4) is 0 Å². The van der Waals surface area contributed by atoms with Gasteiger partial charge in [-0.25, -0.2) is 8.42 Å². The van der Waals surface area contributed by atoms with E-state index in [0.717, 1.165) is 34.9 Å². The second-order valence-corrected chi connectivity index (χ2v) is 9.38. The number of para-hydroxylation sites is 1. The first-order valence-electron chi connectivity index (χ1n) is 8.64. The van der Waals surface area contributed by atoms with Gasteiger partial charge in [0.2, 0.25) is 10.0 Å². The van der Waals surface area contributed by atoms with E-state index < -0.39 is 10.0 Å². The Kier molecular flexibility index (Phi) is 6.31. The highest BCUT2D eigenvalue weighted by molar-refractivity contribution is 14.1. The lowest BCUT2D eigenvalue weighted by molar-refractivity contribution is 0.102. The Bertz CT molecular complexity index is 874. The molecule has 1 heterocycles. The normalized spacial score (nSPS) is 16.0. The number of nitrogens with one attached hydrogen (secondary N) is 1. The summed E-state index contributed by atoms with van der Waals surface area (Å²) in [5.74, 6) is -0.257. The molecule has 0 unspecified atom stereocenters. The highest BCUT2D eigenvalue weighted by Gasteiger charge is 2.25. The van der Waals surface area contributed by atoms with E-state index in [-0.39, 0.29) is 10.8 Å². The van der Waals surface area contributed by atoms with Crippen LogP contribution in [0.25, 0.3) is 0 Å². The fraction of sp³-hybridized carbons (Fsp3) is 0.316. The summed E-state index contributed by atoms with van der Waals surface area (Å²) in [4.78, 5) is 12.6. The molecule has 1 saturated heterocycles. The maximum absolute atomic E-state index is 12.8. The lowest BCUT2D eigenvalue weighted by Gasteiger charge is -2.20. The first-order chi connectivity index (χ1) is 12.5. The van der Waals surface area contributed by atoms with Crippen molar-refractivity contribution in [2.24, 2.45) is 0 Å². The Labute approximate surface area is 168 Å². The van der Waals surface area contributed by atoms with E-state index in [2.05, 4.69) is 27.9 Å². The van der Waals surface area contributed by atoms with Crippen LogP contribution < -0.4 is 5.32 Å². The number of amides is 1. The van der Waals surface area contributed by atoms with Crippen molar-refractivity contribution in [2.45, 2.75) is 30.6 Å². The van der Waals surface area contributed by atoms with E-state index in [1.807, 2.05) is 24.3 Å². The van der Waals surface area contributed by atoms with E-state index in [1.54, 1.807) is 16.4 Å². The van der Waals surface area contributed by atoms with E-state index in [1.165, 1.54) is 12.1 Å². The van der Waals surface area contributed by atoms with Crippen LogP contribution in [-0.2, 0) is 10.0 Å². The quantitative estimate of drug-likeness (QED) is 0.665. The number of sulfonamides is 1. The second kappa shape index (κ2) is 8.49. The Hall–Kier alpha value is -1.45. The van der Waals surface area contributed by atoms with Gasteiger partial charge in [0.15, 0.2) is 0 Å². The number of carbonyl (C=O) groups is 1. The summed E-state index contributed by atoms with van der Waals surface area (Å²) in [5, 5.41) is 2.85. The fourth-order valence-electron chi connectivity index (χ4n) is 2.97. The Balaban J connectivity index is 1.75. The molecule has 0 radical (unpaired) electrons. The standard InChI is InChI=1S/C19H21IN2O3S/c20-17-7-3-4-8-18(17)21-19(23)15-9-11-16(12-10-15)26(24,25)22-13-5-1-2-6-14-22/h3-4,7-12H,1-2,5-6,13-14H2,(H,21,23). The molecule has 2 aromatic rings.